The van der Waals surface area contributed by atoms with Gasteiger partial charge in [-0.05, 0) is 50.9 Å². The molecule has 2 aromatic rings. The van der Waals surface area contributed by atoms with Crippen LogP contribution in [0.15, 0.2) is 28.8 Å². The van der Waals surface area contributed by atoms with Gasteiger partial charge in [0.15, 0.2) is 5.58 Å². The van der Waals surface area contributed by atoms with Gasteiger partial charge in [0.2, 0.25) is 5.91 Å². The minimum Gasteiger partial charge on any atom is -0.356 e. The quantitative estimate of drug-likeness (QED) is 0.870. The van der Waals surface area contributed by atoms with Crippen molar-refractivity contribution in [2.45, 2.75) is 38.1 Å². The summed E-state index contributed by atoms with van der Waals surface area (Å²) in [5.41, 5.74) is 1.52. The van der Waals surface area contributed by atoms with Gasteiger partial charge in [0, 0.05) is 24.5 Å². The van der Waals surface area contributed by atoms with Gasteiger partial charge < -0.3 is 14.3 Å². The van der Waals surface area contributed by atoms with Gasteiger partial charge in [0.1, 0.15) is 5.69 Å². The van der Waals surface area contributed by atoms with E-state index in [9.17, 15) is 4.79 Å². The second-order valence-corrected chi connectivity index (χ2v) is 6.69. The molecule has 0 spiro atoms. The lowest BCUT2D eigenvalue weighted by Gasteiger charge is -2.28. The molecule has 2 saturated heterocycles. The molecule has 0 aliphatic carbocycles. The molecule has 23 heavy (non-hydrogen) atoms. The van der Waals surface area contributed by atoms with Crippen LogP contribution in [-0.2, 0) is 11.2 Å². The molecule has 2 aliphatic rings. The molecule has 1 atom stereocenters. The number of carbonyl (C=O) groups excluding carboxylic acids is 1. The highest BCUT2D eigenvalue weighted by atomic mass is 16.5. The summed E-state index contributed by atoms with van der Waals surface area (Å²) >= 11 is 0. The van der Waals surface area contributed by atoms with Crippen molar-refractivity contribution >= 4 is 16.9 Å². The summed E-state index contributed by atoms with van der Waals surface area (Å²) in [5, 5.41) is 5.06. The van der Waals surface area contributed by atoms with Gasteiger partial charge in [-0.15, -0.1) is 0 Å². The van der Waals surface area contributed by atoms with Gasteiger partial charge in [0.05, 0.1) is 6.42 Å². The minimum atomic E-state index is 0.186. The number of carbonyl (C=O) groups is 1. The van der Waals surface area contributed by atoms with E-state index in [-0.39, 0.29) is 5.91 Å². The van der Waals surface area contributed by atoms with Crippen molar-refractivity contribution in [3.8, 4) is 0 Å². The van der Waals surface area contributed by atoms with E-state index in [0.29, 0.717) is 12.5 Å². The monoisotopic (exact) mass is 313 g/mol. The Morgan fingerprint density at radius 2 is 2.00 bits per heavy atom. The maximum absolute atomic E-state index is 12.8. The second kappa shape index (κ2) is 6.32. The van der Waals surface area contributed by atoms with Gasteiger partial charge in [-0.1, -0.05) is 17.3 Å². The zero-order valence-corrected chi connectivity index (χ0v) is 13.4. The highest BCUT2D eigenvalue weighted by Crippen LogP contribution is 2.23. The van der Waals surface area contributed by atoms with E-state index >= 15 is 0 Å². The largest absolute Gasteiger partial charge is 0.356 e. The van der Waals surface area contributed by atoms with Gasteiger partial charge in [-0.3, -0.25) is 4.79 Å². The lowest BCUT2D eigenvalue weighted by Crippen LogP contribution is -2.43. The Bertz CT molecular complexity index is 690. The number of nitrogens with zero attached hydrogens (tertiary/aromatic N) is 3. The molecule has 3 heterocycles. The molecule has 5 nitrogen and oxygen atoms in total. The number of amides is 1. The SMILES string of the molecule is O=C(Cc1noc2ccccc12)N1CCCC1CN1CCCC1. The van der Waals surface area contributed by atoms with E-state index in [1.807, 2.05) is 24.3 Å². The van der Waals surface area contributed by atoms with Crippen molar-refractivity contribution in [2.24, 2.45) is 0 Å². The van der Waals surface area contributed by atoms with Crippen molar-refractivity contribution in [2.75, 3.05) is 26.2 Å². The number of hydrogen-bond donors (Lipinski definition) is 0. The second-order valence-electron chi connectivity index (χ2n) is 6.69. The van der Waals surface area contributed by atoms with E-state index in [0.717, 1.165) is 42.6 Å². The maximum Gasteiger partial charge on any atom is 0.229 e. The number of rotatable bonds is 4. The number of likely N-dealkylation sites (tertiary alicyclic amines) is 2. The Hall–Kier alpha value is -1.88. The third-order valence-electron chi connectivity index (χ3n) is 5.14. The molecule has 2 aliphatic heterocycles. The highest BCUT2D eigenvalue weighted by Gasteiger charge is 2.31. The number of aromatic nitrogens is 1. The molecule has 1 aromatic heterocycles. The lowest BCUT2D eigenvalue weighted by atomic mass is 10.1. The molecular formula is C18H23N3O2. The van der Waals surface area contributed by atoms with Crippen LogP contribution in [0.3, 0.4) is 0 Å². The van der Waals surface area contributed by atoms with Crippen LogP contribution in [0.2, 0.25) is 0 Å². The van der Waals surface area contributed by atoms with Gasteiger partial charge in [-0.25, -0.2) is 0 Å². The average Bonchev–Trinajstić information content (AvgIpc) is 3.29. The Balaban J connectivity index is 1.45. The number of hydrogen-bond acceptors (Lipinski definition) is 4. The van der Waals surface area contributed by atoms with Crippen LogP contribution in [-0.4, -0.2) is 53.1 Å². The maximum atomic E-state index is 12.8. The molecule has 0 N–H and O–H groups in total. The summed E-state index contributed by atoms with van der Waals surface area (Å²) < 4.78 is 5.32. The standard InChI is InChI=1S/C18H23N3O2/c22-18(12-16-15-7-1-2-8-17(15)23-19-16)21-11-5-6-14(21)13-20-9-3-4-10-20/h1-2,7-8,14H,3-6,9-13H2. The fraction of sp³-hybridized carbons (Fsp3) is 0.556. The Kier molecular flexibility index (Phi) is 4.04. The van der Waals surface area contributed by atoms with E-state index < -0.39 is 0 Å². The van der Waals surface area contributed by atoms with Gasteiger partial charge in [0.25, 0.3) is 0 Å². The van der Waals surface area contributed by atoms with E-state index in [1.165, 1.54) is 25.9 Å². The molecule has 2 fully saturated rings. The molecule has 122 valence electrons. The zero-order chi connectivity index (χ0) is 15.6. The molecule has 4 rings (SSSR count). The summed E-state index contributed by atoms with van der Waals surface area (Å²) in [6, 6.07) is 8.12. The van der Waals surface area contributed by atoms with Crippen molar-refractivity contribution in [3.63, 3.8) is 0 Å². The fourth-order valence-electron chi connectivity index (χ4n) is 3.93. The third kappa shape index (κ3) is 2.98. The first-order valence-electron chi connectivity index (χ1n) is 8.66. The molecule has 1 amide bonds. The van der Waals surface area contributed by atoms with Gasteiger partial charge >= 0.3 is 0 Å². The van der Waals surface area contributed by atoms with Crippen LogP contribution in [0.25, 0.3) is 11.0 Å². The van der Waals surface area contributed by atoms with Crippen molar-refractivity contribution in [1.82, 2.24) is 15.0 Å². The summed E-state index contributed by atoms with van der Waals surface area (Å²) in [6.45, 7) is 4.29. The molecule has 0 bridgehead atoms. The number of benzene rings is 1. The number of fused-ring (bicyclic) bond motifs is 1. The normalized spacial score (nSPS) is 22.3. The molecule has 0 radical (unpaired) electrons. The zero-order valence-electron chi connectivity index (χ0n) is 13.4. The van der Waals surface area contributed by atoms with E-state index in [1.54, 1.807) is 0 Å². The summed E-state index contributed by atoms with van der Waals surface area (Å²) in [7, 11) is 0. The topological polar surface area (TPSA) is 49.6 Å². The summed E-state index contributed by atoms with van der Waals surface area (Å²) in [4.78, 5) is 17.3. The molecule has 1 aromatic carbocycles. The first-order chi connectivity index (χ1) is 11.3. The lowest BCUT2D eigenvalue weighted by molar-refractivity contribution is -0.131. The van der Waals surface area contributed by atoms with Crippen LogP contribution in [0, 0.1) is 0 Å². The summed E-state index contributed by atoms with van der Waals surface area (Å²) in [6.07, 6.45) is 5.18. The summed E-state index contributed by atoms with van der Waals surface area (Å²) in [5.74, 6) is 0.186. The van der Waals surface area contributed by atoms with Crippen LogP contribution in [0.4, 0.5) is 0 Å². The van der Waals surface area contributed by atoms with Crippen molar-refractivity contribution in [3.05, 3.63) is 30.0 Å². The molecular weight excluding hydrogens is 290 g/mol. The predicted octanol–water partition coefficient (Wildman–Crippen LogP) is 2.46. The molecule has 5 heteroatoms. The van der Waals surface area contributed by atoms with E-state index in [2.05, 4.69) is 15.0 Å². The van der Waals surface area contributed by atoms with Crippen molar-refractivity contribution < 1.29 is 9.32 Å². The first kappa shape index (κ1) is 14.7. The Morgan fingerprint density at radius 3 is 2.87 bits per heavy atom. The van der Waals surface area contributed by atoms with Crippen LogP contribution < -0.4 is 0 Å². The van der Waals surface area contributed by atoms with E-state index in [4.69, 9.17) is 4.52 Å². The van der Waals surface area contributed by atoms with Crippen LogP contribution in [0.1, 0.15) is 31.4 Å². The Labute approximate surface area is 136 Å². The van der Waals surface area contributed by atoms with Crippen LogP contribution >= 0.6 is 0 Å². The first-order valence-corrected chi connectivity index (χ1v) is 8.66. The number of para-hydroxylation sites is 1. The molecule has 1 unspecified atom stereocenters. The van der Waals surface area contributed by atoms with Crippen LogP contribution in [0.5, 0.6) is 0 Å². The Morgan fingerprint density at radius 1 is 1.17 bits per heavy atom. The molecule has 0 saturated carbocycles. The smallest absolute Gasteiger partial charge is 0.229 e. The average molecular weight is 313 g/mol. The minimum absolute atomic E-state index is 0.186. The third-order valence-corrected chi connectivity index (χ3v) is 5.14. The fourth-order valence-corrected chi connectivity index (χ4v) is 3.93. The van der Waals surface area contributed by atoms with Gasteiger partial charge in [-0.2, -0.15) is 0 Å². The highest BCUT2D eigenvalue weighted by molar-refractivity contribution is 5.86. The van der Waals surface area contributed by atoms with Crippen molar-refractivity contribution in [1.29, 1.82) is 0 Å². The predicted molar refractivity (Wildman–Crippen MR) is 88.1 cm³/mol.